The Labute approximate surface area is 141 Å². The lowest BCUT2D eigenvalue weighted by molar-refractivity contribution is 0.598. The van der Waals surface area contributed by atoms with Gasteiger partial charge in [0, 0.05) is 11.4 Å². The molecule has 120 valence electrons. The van der Waals surface area contributed by atoms with Crippen molar-refractivity contribution < 1.29 is 8.42 Å². The highest BCUT2D eigenvalue weighted by Gasteiger charge is 2.13. The number of hydrogen-bond acceptors (Lipinski definition) is 2. The van der Waals surface area contributed by atoms with Crippen molar-refractivity contribution in [3.63, 3.8) is 0 Å². The predicted octanol–water partition coefficient (Wildman–Crippen LogP) is 4.24. The molecule has 0 unspecified atom stereocenters. The zero-order valence-corrected chi connectivity index (χ0v) is 13.7. The van der Waals surface area contributed by atoms with E-state index in [-0.39, 0.29) is 4.90 Å². The molecule has 24 heavy (non-hydrogen) atoms. The molecule has 0 amide bonds. The van der Waals surface area contributed by atoms with Crippen LogP contribution in [0.3, 0.4) is 0 Å². The number of rotatable bonds is 5. The minimum atomic E-state index is -3.74. The predicted molar refractivity (Wildman–Crippen MR) is 97.1 cm³/mol. The SMILES string of the molecule is O=S(=O)(/N=C\N(c1ccccc1)c1ccccc1)c1ccccc1. The minimum absolute atomic E-state index is 0.169. The van der Waals surface area contributed by atoms with Gasteiger partial charge in [-0.1, -0.05) is 54.6 Å². The minimum Gasteiger partial charge on any atom is -0.300 e. The third-order valence-electron chi connectivity index (χ3n) is 3.41. The van der Waals surface area contributed by atoms with E-state index < -0.39 is 10.0 Å². The van der Waals surface area contributed by atoms with Gasteiger partial charge in [0.1, 0.15) is 6.34 Å². The Bertz CT molecular complexity index is 870. The Balaban J connectivity index is 1.99. The van der Waals surface area contributed by atoms with Gasteiger partial charge in [-0.05, 0) is 36.4 Å². The summed E-state index contributed by atoms with van der Waals surface area (Å²) in [5, 5.41) is 0. The first-order valence-electron chi connectivity index (χ1n) is 7.42. The van der Waals surface area contributed by atoms with Crippen molar-refractivity contribution in [2.75, 3.05) is 4.90 Å². The highest BCUT2D eigenvalue weighted by atomic mass is 32.2. The van der Waals surface area contributed by atoms with Crippen LogP contribution in [0.2, 0.25) is 0 Å². The number of benzene rings is 3. The zero-order valence-electron chi connectivity index (χ0n) is 12.9. The van der Waals surface area contributed by atoms with Crippen LogP contribution in [0, 0.1) is 0 Å². The molecule has 4 nitrogen and oxygen atoms in total. The van der Waals surface area contributed by atoms with E-state index in [0.717, 1.165) is 11.4 Å². The Hall–Kier alpha value is -2.92. The van der Waals surface area contributed by atoms with Crippen molar-refractivity contribution in [3.8, 4) is 0 Å². The first kappa shape index (κ1) is 16.0. The van der Waals surface area contributed by atoms with Crippen molar-refractivity contribution in [1.29, 1.82) is 0 Å². The number of nitrogens with zero attached hydrogens (tertiary/aromatic N) is 2. The van der Waals surface area contributed by atoms with Gasteiger partial charge in [-0.15, -0.1) is 4.40 Å². The van der Waals surface area contributed by atoms with E-state index in [9.17, 15) is 8.42 Å². The monoisotopic (exact) mass is 336 g/mol. The second-order valence-corrected chi connectivity index (χ2v) is 6.68. The fraction of sp³-hybridized carbons (Fsp3) is 0. The van der Waals surface area contributed by atoms with E-state index in [2.05, 4.69) is 4.40 Å². The van der Waals surface area contributed by atoms with Crippen LogP contribution in [0.1, 0.15) is 0 Å². The van der Waals surface area contributed by atoms with Gasteiger partial charge in [-0.25, -0.2) is 0 Å². The van der Waals surface area contributed by atoms with Crippen LogP contribution >= 0.6 is 0 Å². The lowest BCUT2D eigenvalue weighted by Crippen LogP contribution is -2.15. The van der Waals surface area contributed by atoms with E-state index in [1.165, 1.54) is 18.5 Å². The van der Waals surface area contributed by atoms with E-state index >= 15 is 0 Å². The van der Waals surface area contributed by atoms with Crippen molar-refractivity contribution in [1.82, 2.24) is 0 Å². The molecule has 3 rings (SSSR count). The van der Waals surface area contributed by atoms with E-state index in [0.29, 0.717) is 0 Å². The summed E-state index contributed by atoms with van der Waals surface area (Å²) in [5.74, 6) is 0. The molecule has 0 saturated heterocycles. The molecule has 0 aliphatic carbocycles. The molecule has 3 aromatic carbocycles. The number of anilines is 2. The third kappa shape index (κ3) is 3.70. The first-order valence-corrected chi connectivity index (χ1v) is 8.86. The van der Waals surface area contributed by atoms with Crippen LogP contribution in [0.15, 0.2) is 100 Å². The van der Waals surface area contributed by atoms with Crippen LogP contribution in [0.5, 0.6) is 0 Å². The summed E-state index contributed by atoms with van der Waals surface area (Å²) < 4.78 is 28.6. The lowest BCUT2D eigenvalue weighted by atomic mass is 10.2. The molecule has 0 aromatic heterocycles. The molecule has 0 spiro atoms. The molecule has 0 aliphatic heterocycles. The highest BCUT2D eigenvalue weighted by molar-refractivity contribution is 7.90. The maximum Gasteiger partial charge on any atom is 0.283 e. The van der Waals surface area contributed by atoms with Gasteiger partial charge in [0.15, 0.2) is 0 Å². The van der Waals surface area contributed by atoms with E-state index in [4.69, 9.17) is 0 Å². The van der Waals surface area contributed by atoms with Gasteiger partial charge in [0.2, 0.25) is 0 Å². The largest absolute Gasteiger partial charge is 0.300 e. The summed E-state index contributed by atoms with van der Waals surface area (Å²) >= 11 is 0. The highest BCUT2D eigenvalue weighted by Crippen LogP contribution is 2.23. The second-order valence-electron chi connectivity index (χ2n) is 5.05. The fourth-order valence-corrected chi connectivity index (χ4v) is 3.06. The van der Waals surface area contributed by atoms with Crippen LogP contribution < -0.4 is 4.90 Å². The molecule has 0 aliphatic rings. The van der Waals surface area contributed by atoms with E-state index in [1.54, 1.807) is 23.1 Å². The summed E-state index contributed by atoms with van der Waals surface area (Å²) in [6, 6.07) is 27.2. The molecular formula is C19H16N2O2S. The molecule has 0 heterocycles. The molecule has 0 bridgehead atoms. The van der Waals surface area contributed by atoms with Crippen LogP contribution in [0.25, 0.3) is 0 Å². The summed E-state index contributed by atoms with van der Waals surface area (Å²) in [7, 11) is -3.74. The smallest absolute Gasteiger partial charge is 0.283 e. The third-order valence-corrected chi connectivity index (χ3v) is 4.65. The quantitative estimate of drug-likeness (QED) is 0.517. The summed E-state index contributed by atoms with van der Waals surface area (Å²) in [6.07, 6.45) is 1.34. The van der Waals surface area contributed by atoms with Gasteiger partial charge in [0.05, 0.1) is 4.90 Å². The van der Waals surface area contributed by atoms with Gasteiger partial charge in [0.25, 0.3) is 10.0 Å². The van der Waals surface area contributed by atoms with Gasteiger partial charge >= 0.3 is 0 Å². The van der Waals surface area contributed by atoms with Crippen molar-refractivity contribution in [3.05, 3.63) is 91.0 Å². The average Bonchev–Trinajstić information content (AvgIpc) is 2.64. The van der Waals surface area contributed by atoms with Gasteiger partial charge in [-0.3, -0.25) is 0 Å². The maximum atomic E-state index is 12.4. The molecular weight excluding hydrogens is 320 g/mol. The summed E-state index contributed by atoms with van der Waals surface area (Å²) in [5.41, 5.74) is 1.66. The van der Waals surface area contributed by atoms with Crippen LogP contribution in [-0.4, -0.2) is 14.8 Å². The maximum absolute atomic E-state index is 12.4. The molecule has 0 atom stereocenters. The number of sulfonamides is 1. The van der Waals surface area contributed by atoms with E-state index in [1.807, 2.05) is 60.7 Å². The molecule has 0 radical (unpaired) electrons. The Morgan fingerprint density at radius 3 is 1.54 bits per heavy atom. The van der Waals surface area contributed by atoms with Crippen LogP contribution in [-0.2, 0) is 10.0 Å². The molecule has 3 aromatic rings. The van der Waals surface area contributed by atoms with Gasteiger partial charge < -0.3 is 4.90 Å². The zero-order chi connectivity index (χ0) is 16.8. The number of para-hydroxylation sites is 2. The van der Waals surface area contributed by atoms with Crippen LogP contribution in [0.4, 0.5) is 11.4 Å². The number of hydrogen-bond donors (Lipinski definition) is 0. The molecule has 0 N–H and O–H groups in total. The molecule has 0 saturated carbocycles. The Morgan fingerprint density at radius 1 is 0.667 bits per heavy atom. The molecule has 5 heteroatoms. The summed E-state index contributed by atoms with van der Waals surface area (Å²) in [6.45, 7) is 0. The molecule has 0 fully saturated rings. The van der Waals surface area contributed by atoms with Gasteiger partial charge in [-0.2, -0.15) is 8.42 Å². The van der Waals surface area contributed by atoms with Crippen molar-refractivity contribution >= 4 is 27.7 Å². The lowest BCUT2D eigenvalue weighted by Gasteiger charge is -2.19. The Kier molecular flexibility index (Phi) is 4.72. The average molecular weight is 336 g/mol. The standard InChI is InChI=1S/C19H16N2O2S/c22-24(23,19-14-8-3-9-15-19)20-16-21(17-10-4-1-5-11-17)18-12-6-2-7-13-18/h1-16H/b20-16-. The Morgan fingerprint density at radius 2 is 1.08 bits per heavy atom. The topological polar surface area (TPSA) is 49.7 Å². The van der Waals surface area contributed by atoms with Crippen molar-refractivity contribution in [2.45, 2.75) is 4.90 Å². The fourth-order valence-electron chi connectivity index (χ4n) is 2.22. The second kappa shape index (κ2) is 7.10. The summed E-state index contributed by atoms with van der Waals surface area (Å²) in [4.78, 5) is 1.91. The first-order chi connectivity index (χ1) is 11.7. The van der Waals surface area contributed by atoms with Crippen molar-refractivity contribution in [2.24, 2.45) is 4.40 Å². The normalized spacial score (nSPS) is 11.5.